The van der Waals surface area contributed by atoms with Crippen LogP contribution < -0.4 is 10.6 Å². The van der Waals surface area contributed by atoms with Gasteiger partial charge in [0.1, 0.15) is 22.8 Å². The summed E-state index contributed by atoms with van der Waals surface area (Å²) in [7, 11) is 0. The van der Waals surface area contributed by atoms with Gasteiger partial charge in [0, 0.05) is 30.6 Å². The Hall–Kier alpha value is -2.74. The lowest BCUT2D eigenvalue weighted by Gasteiger charge is -2.26. The number of piperidine rings is 1. The van der Waals surface area contributed by atoms with Crippen molar-refractivity contribution in [1.29, 1.82) is 0 Å². The van der Waals surface area contributed by atoms with E-state index in [0.717, 1.165) is 30.9 Å². The number of hydrogen-bond acceptors (Lipinski definition) is 5. The Kier molecular flexibility index (Phi) is 4.83. The zero-order valence-electron chi connectivity index (χ0n) is 17.6. The van der Waals surface area contributed by atoms with Crippen LogP contribution in [0.4, 0.5) is 10.2 Å². The summed E-state index contributed by atoms with van der Waals surface area (Å²) in [6.45, 7) is 2.16. The SMILES string of the molecule is NCC1(c2cccc(F)c2)C2CCN(c3cnc4c(-c5cccc(Cl)c5Cl)n[nH]c4n3)CC21. The molecule has 6 nitrogen and oxygen atoms in total. The molecule has 3 heterocycles. The summed E-state index contributed by atoms with van der Waals surface area (Å²) in [5.74, 6) is 1.39. The molecular formula is C24H21Cl2FN6. The lowest BCUT2D eigenvalue weighted by Crippen LogP contribution is -2.32. The van der Waals surface area contributed by atoms with E-state index in [1.54, 1.807) is 24.4 Å². The Morgan fingerprint density at radius 1 is 1.18 bits per heavy atom. The van der Waals surface area contributed by atoms with Gasteiger partial charge in [-0.2, -0.15) is 5.10 Å². The molecule has 33 heavy (non-hydrogen) atoms. The van der Waals surface area contributed by atoms with E-state index in [1.807, 2.05) is 18.2 Å². The second kappa shape index (κ2) is 7.65. The maximum absolute atomic E-state index is 13.9. The summed E-state index contributed by atoms with van der Waals surface area (Å²) in [5, 5.41) is 8.27. The molecule has 0 radical (unpaired) electrons. The molecule has 0 amide bonds. The van der Waals surface area contributed by atoms with Gasteiger partial charge in [-0.15, -0.1) is 0 Å². The third kappa shape index (κ3) is 3.14. The van der Waals surface area contributed by atoms with Gasteiger partial charge in [0.15, 0.2) is 5.65 Å². The summed E-state index contributed by atoms with van der Waals surface area (Å²) in [6, 6.07) is 12.3. The number of fused-ring (bicyclic) bond motifs is 2. The summed E-state index contributed by atoms with van der Waals surface area (Å²) >= 11 is 12.6. The number of nitrogens with zero attached hydrogens (tertiary/aromatic N) is 4. The lowest BCUT2D eigenvalue weighted by molar-refractivity contribution is 0.545. The molecule has 6 rings (SSSR count). The number of halogens is 3. The average Bonchev–Trinajstić information content (AvgIpc) is 3.31. The Balaban J connectivity index is 1.29. The van der Waals surface area contributed by atoms with Crippen LogP contribution in [0.3, 0.4) is 0 Å². The van der Waals surface area contributed by atoms with Crippen molar-refractivity contribution in [1.82, 2.24) is 20.2 Å². The molecule has 1 saturated heterocycles. The van der Waals surface area contributed by atoms with Crippen molar-refractivity contribution in [2.75, 3.05) is 24.5 Å². The van der Waals surface area contributed by atoms with Crippen LogP contribution in [0.5, 0.6) is 0 Å². The second-order valence-electron chi connectivity index (χ2n) is 8.80. The Bertz CT molecular complexity index is 1370. The van der Waals surface area contributed by atoms with Crippen LogP contribution in [0, 0.1) is 17.7 Å². The van der Waals surface area contributed by atoms with Crippen LogP contribution in [-0.2, 0) is 5.41 Å². The highest BCUT2D eigenvalue weighted by Crippen LogP contribution is 2.63. The molecule has 2 aromatic heterocycles. The molecule has 1 aliphatic heterocycles. The van der Waals surface area contributed by atoms with Crippen LogP contribution in [-0.4, -0.2) is 39.8 Å². The first-order valence-electron chi connectivity index (χ1n) is 10.9. The van der Waals surface area contributed by atoms with Gasteiger partial charge in [-0.25, -0.2) is 14.4 Å². The predicted molar refractivity (Wildman–Crippen MR) is 128 cm³/mol. The highest BCUT2D eigenvalue weighted by atomic mass is 35.5. The first-order chi connectivity index (χ1) is 16.0. The summed E-state index contributed by atoms with van der Waals surface area (Å²) in [6.07, 6.45) is 2.75. The smallest absolute Gasteiger partial charge is 0.177 e. The molecule has 0 spiro atoms. The Morgan fingerprint density at radius 3 is 2.85 bits per heavy atom. The first kappa shape index (κ1) is 20.8. The third-order valence-electron chi connectivity index (χ3n) is 7.32. The molecule has 1 saturated carbocycles. The van der Waals surface area contributed by atoms with E-state index in [-0.39, 0.29) is 11.2 Å². The zero-order chi connectivity index (χ0) is 22.7. The van der Waals surface area contributed by atoms with E-state index in [0.29, 0.717) is 50.8 Å². The van der Waals surface area contributed by atoms with Gasteiger partial charge in [0.2, 0.25) is 0 Å². The van der Waals surface area contributed by atoms with E-state index >= 15 is 0 Å². The molecule has 3 N–H and O–H groups in total. The fraction of sp³-hybridized carbons (Fsp3) is 0.292. The number of benzene rings is 2. The van der Waals surface area contributed by atoms with E-state index in [2.05, 4.69) is 20.1 Å². The average molecular weight is 483 g/mol. The maximum Gasteiger partial charge on any atom is 0.177 e. The molecule has 1 aliphatic carbocycles. The zero-order valence-corrected chi connectivity index (χ0v) is 19.1. The number of anilines is 1. The Morgan fingerprint density at radius 2 is 2.03 bits per heavy atom. The van der Waals surface area contributed by atoms with Crippen molar-refractivity contribution in [3.63, 3.8) is 0 Å². The minimum absolute atomic E-state index is 0.168. The summed E-state index contributed by atoms with van der Waals surface area (Å²) in [4.78, 5) is 11.7. The number of rotatable bonds is 4. The second-order valence-corrected chi connectivity index (χ2v) is 9.59. The largest absolute Gasteiger partial charge is 0.355 e. The predicted octanol–water partition coefficient (Wildman–Crippen LogP) is 4.82. The van der Waals surface area contributed by atoms with Gasteiger partial charge in [0.25, 0.3) is 0 Å². The lowest BCUT2D eigenvalue weighted by atomic mass is 9.91. The number of aromatic amines is 1. The molecule has 9 heteroatoms. The van der Waals surface area contributed by atoms with Gasteiger partial charge in [0.05, 0.1) is 16.2 Å². The molecular weight excluding hydrogens is 462 g/mol. The molecule has 168 valence electrons. The fourth-order valence-corrected chi connectivity index (χ4v) is 6.02. The highest BCUT2D eigenvalue weighted by molar-refractivity contribution is 6.43. The van der Waals surface area contributed by atoms with Gasteiger partial charge in [-0.3, -0.25) is 5.10 Å². The summed E-state index contributed by atoms with van der Waals surface area (Å²) < 4.78 is 13.9. The molecule has 3 atom stereocenters. The number of H-pyrrole nitrogens is 1. The van der Waals surface area contributed by atoms with Crippen LogP contribution in [0.15, 0.2) is 48.7 Å². The van der Waals surface area contributed by atoms with Crippen molar-refractivity contribution in [2.24, 2.45) is 17.6 Å². The topological polar surface area (TPSA) is 83.7 Å². The van der Waals surface area contributed by atoms with Crippen LogP contribution in [0.1, 0.15) is 12.0 Å². The maximum atomic E-state index is 13.9. The minimum atomic E-state index is -0.216. The molecule has 0 bridgehead atoms. The van der Waals surface area contributed by atoms with Crippen molar-refractivity contribution in [3.8, 4) is 11.3 Å². The van der Waals surface area contributed by atoms with Gasteiger partial charge < -0.3 is 10.6 Å². The molecule has 2 aromatic carbocycles. The molecule has 4 aromatic rings. The molecule has 2 aliphatic rings. The Labute approximate surface area is 199 Å². The van der Waals surface area contributed by atoms with Crippen molar-refractivity contribution < 1.29 is 4.39 Å². The number of hydrogen-bond donors (Lipinski definition) is 2. The number of aromatic nitrogens is 4. The van der Waals surface area contributed by atoms with Gasteiger partial charge in [-0.1, -0.05) is 47.5 Å². The van der Waals surface area contributed by atoms with E-state index in [4.69, 9.17) is 33.9 Å². The standard InChI is InChI=1S/C24H21Cl2FN6/c25-18-6-2-5-15(20(18)26)21-22-23(32-31-21)30-19(10-29-22)33-8-7-16-17(11-33)24(16,12-28)13-3-1-4-14(27)9-13/h1-6,9-10,16-17H,7-8,11-12,28H2,(H,30,31,32). The van der Waals surface area contributed by atoms with Crippen LogP contribution >= 0.6 is 23.2 Å². The molecule has 3 unspecified atom stereocenters. The normalized spacial score (nSPS) is 24.2. The van der Waals surface area contributed by atoms with Gasteiger partial charge in [-0.05, 0) is 42.0 Å². The van der Waals surface area contributed by atoms with E-state index in [9.17, 15) is 4.39 Å². The van der Waals surface area contributed by atoms with Crippen LogP contribution in [0.2, 0.25) is 10.0 Å². The number of nitrogens with one attached hydrogen (secondary N) is 1. The quantitative estimate of drug-likeness (QED) is 0.435. The summed E-state index contributed by atoms with van der Waals surface area (Å²) in [5.41, 5.74) is 9.63. The van der Waals surface area contributed by atoms with Crippen molar-refractivity contribution in [2.45, 2.75) is 11.8 Å². The van der Waals surface area contributed by atoms with E-state index in [1.165, 1.54) is 6.07 Å². The van der Waals surface area contributed by atoms with Gasteiger partial charge >= 0.3 is 0 Å². The van der Waals surface area contributed by atoms with Crippen molar-refractivity contribution in [3.05, 3.63) is 70.1 Å². The van der Waals surface area contributed by atoms with Crippen molar-refractivity contribution >= 4 is 40.2 Å². The van der Waals surface area contributed by atoms with Crippen LogP contribution in [0.25, 0.3) is 22.4 Å². The number of nitrogens with two attached hydrogens (primary N) is 1. The third-order valence-corrected chi connectivity index (χ3v) is 8.13. The monoisotopic (exact) mass is 482 g/mol. The highest BCUT2D eigenvalue weighted by Gasteiger charge is 2.65. The minimum Gasteiger partial charge on any atom is -0.355 e. The fourth-order valence-electron chi connectivity index (χ4n) is 5.63. The molecule has 2 fully saturated rings. The first-order valence-corrected chi connectivity index (χ1v) is 11.6. The van der Waals surface area contributed by atoms with E-state index < -0.39 is 0 Å².